The van der Waals surface area contributed by atoms with Gasteiger partial charge in [0.25, 0.3) is 0 Å². The van der Waals surface area contributed by atoms with Gasteiger partial charge in [0, 0.05) is 17.1 Å². The third-order valence-electron chi connectivity index (χ3n) is 3.60. The van der Waals surface area contributed by atoms with E-state index < -0.39 is 0 Å². The second-order valence-electron chi connectivity index (χ2n) is 5.55. The van der Waals surface area contributed by atoms with Crippen LogP contribution in [0.15, 0.2) is 46.9 Å². The van der Waals surface area contributed by atoms with Gasteiger partial charge in [0.1, 0.15) is 5.82 Å². The Balaban J connectivity index is 1.82. The van der Waals surface area contributed by atoms with E-state index in [1.165, 1.54) is 17.2 Å². The molecule has 1 atom stereocenters. The van der Waals surface area contributed by atoms with E-state index in [4.69, 9.17) is 0 Å². The van der Waals surface area contributed by atoms with E-state index in [2.05, 4.69) is 59.4 Å². The summed E-state index contributed by atoms with van der Waals surface area (Å²) in [5.41, 5.74) is 3.63. The van der Waals surface area contributed by atoms with Gasteiger partial charge < -0.3 is 5.32 Å². The highest BCUT2D eigenvalue weighted by molar-refractivity contribution is 9.10. The molecule has 1 nitrogen and oxygen atoms in total. The summed E-state index contributed by atoms with van der Waals surface area (Å²) < 4.78 is 14.2. The molecule has 112 valence electrons. The van der Waals surface area contributed by atoms with Gasteiger partial charge in [0.05, 0.1) is 0 Å². The molecule has 0 fully saturated rings. The van der Waals surface area contributed by atoms with Crippen molar-refractivity contribution < 1.29 is 4.39 Å². The summed E-state index contributed by atoms with van der Waals surface area (Å²) >= 11 is 3.46. The number of hydrogen-bond acceptors (Lipinski definition) is 1. The van der Waals surface area contributed by atoms with Crippen LogP contribution in [-0.4, -0.2) is 6.04 Å². The van der Waals surface area contributed by atoms with Gasteiger partial charge in [-0.2, -0.15) is 0 Å². The van der Waals surface area contributed by atoms with Gasteiger partial charge in [-0.25, -0.2) is 4.39 Å². The molecule has 0 radical (unpaired) electrons. The van der Waals surface area contributed by atoms with Crippen LogP contribution in [0.4, 0.5) is 4.39 Å². The van der Waals surface area contributed by atoms with Crippen LogP contribution in [0.5, 0.6) is 0 Å². The highest BCUT2D eigenvalue weighted by Gasteiger charge is 2.06. The van der Waals surface area contributed by atoms with E-state index in [9.17, 15) is 4.39 Å². The standard InChI is InChI=1S/C18H21BrFN/c1-13-4-3-5-15(10-13)7-6-14(2)21-12-16-11-17(20)8-9-18(16)19/h3-5,8-11,14,21H,6-7,12H2,1-2H3. The van der Waals surface area contributed by atoms with Crippen molar-refractivity contribution in [3.8, 4) is 0 Å². The minimum absolute atomic E-state index is 0.192. The smallest absolute Gasteiger partial charge is 0.123 e. The molecular weight excluding hydrogens is 329 g/mol. The van der Waals surface area contributed by atoms with Gasteiger partial charge in [-0.3, -0.25) is 0 Å². The maximum absolute atomic E-state index is 13.2. The molecule has 0 spiro atoms. The largest absolute Gasteiger partial charge is 0.310 e. The molecular formula is C18H21BrFN. The van der Waals surface area contributed by atoms with Crippen LogP contribution < -0.4 is 5.32 Å². The van der Waals surface area contributed by atoms with E-state index in [0.29, 0.717) is 12.6 Å². The fourth-order valence-electron chi connectivity index (χ4n) is 2.32. The lowest BCUT2D eigenvalue weighted by Crippen LogP contribution is -2.26. The number of aryl methyl sites for hydroxylation is 2. The van der Waals surface area contributed by atoms with Crippen LogP contribution in [0, 0.1) is 12.7 Å². The molecule has 3 heteroatoms. The van der Waals surface area contributed by atoms with Crippen molar-refractivity contribution in [3.05, 3.63) is 69.4 Å². The first-order chi connectivity index (χ1) is 10.0. The molecule has 1 unspecified atom stereocenters. The maximum Gasteiger partial charge on any atom is 0.123 e. The van der Waals surface area contributed by atoms with Crippen LogP contribution in [0.3, 0.4) is 0 Å². The van der Waals surface area contributed by atoms with Crippen LogP contribution in [-0.2, 0) is 13.0 Å². The predicted molar refractivity (Wildman–Crippen MR) is 89.9 cm³/mol. The average molecular weight is 350 g/mol. The summed E-state index contributed by atoms with van der Waals surface area (Å²) in [5, 5.41) is 3.46. The molecule has 0 heterocycles. The molecule has 0 saturated heterocycles. The molecule has 0 aromatic heterocycles. The Morgan fingerprint density at radius 3 is 2.76 bits per heavy atom. The van der Waals surface area contributed by atoms with Crippen LogP contribution in [0.1, 0.15) is 30.0 Å². The summed E-state index contributed by atoms with van der Waals surface area (Å²) in [6.45, 7) is 4.96. The lowest BCUT2D eigenvalue weighted by Gasteiger charge is -2.15. The van der Waals surface area contributed by atoms with Crippen molar-refractivity contribution >= 4 is 15.9 Å². The second-order valence-corrected chi connectivity index (χ2v) is 6.40. The quantitative estimate of drug-likeness (QED) is 0.772. The van der Waals surface area contributed by atoms with Crippen molar-refractivity contribution in [2.45, 2.75) is 39.3 Å². The highest BCUT2D eigenvalue weighted by Crippen LogP contribution is 2.18. The van der Waals surface area contributed by atoms with Crippen LogP contribution in [0.2, 0.25) is 0 Å². The van der Waals surface area contributed by atoms with Crippen LogP contribution in [0.25, 0.3) is 0 Å². The molecule has 21 heavy (non-hydrogen) atoms. The number of rotatable bonds is 6. The van der Waals surface area contributed by atoms with Crippen molar-refractivity contribution in [1.82, 2.24) is 5.32 Å². The van der Waals surface area contributed by atoms with Crippen molar-refractivity contribution in [1.29, 1.82) is 0 Å². The zero-order valence-electron chi connectivity index (χ0n) is 12.5. The van der Waals surface area contributed by atoms with E-state index >= 15 is 0 Å². The lowest BCUT2D eigenvalue weighted by molar-refractivity contribution is 0.511. The van der Waals surface area contributed by atoms with Gasteiger partial charge in [-0.15, -0.1) is 0 Å². The number of nitrogens with one attached hydrogen (secondary N) is 1. The Morgan fingerprint density at radius 2 is 2.00 bits per heavy atom. The summed E-state index contributed by atoms with van der Waals surface area (Å²) in [6.07, 6.45) is 2.12. The summed E-state index contributed by atoms with van der Waals surface area (Å²) in [5.74, 6) is -0.192. The molecule has 0 aliphatic carbocycles. The molecule has 0 aliphatic heterocycles. The molecule has 2 aromatic rings. The first-order valence-electron chi connectivity index (χ1n) is 7.27. The first-order valence-corrected chi connectivity index (χ1v) is 8.07. The Bertz CT molecular complexity index is 598. The number of hydrogen-bond donors (Lipinski definition) is 1. The lowest BCUT2D eigenvalue weighted by atomic mass is 10.0. The van der Waals surface area contributed by atoms with Gasteiger partial charge in [0.15, 0.2) is 0 Å². The highest BCUT2D eigenvalue weighted by atomic mass is 79.9. The molecule has 0 saturated carbocycles. The average Bonchev–Trinajstić information content (AvgIpc) is 2.46. The van der Waals surface area contributed by atoms with E-state index in [0.717, 1.165) is 22.9 Å². The Kier molecular flexibility index (Phi) is 5.95. The fourth-order valence-corrected chi connectivity index (χ4v) is 2.70. The predicted octanol–water partition coefficient (Wildman–Crippen LogP) is 5.01. The summed E-state index contributed by atoms with van der Waals surface area (Å²) in [7, 11) is 0. The Labute approximate surface area is 134 Å². The molecule has 0 aliphatic rings. The van der Waals surface area contributed by atoms with E-state index in [1.807, 2.05) is 0 Å². The topological polar surface area (TPSA) is 12.0 Å². The van der Waals surface area contributed by atoms with Crippen molar-refractivity contribution in [3.63, 3.8) is 0 Å². The molecule has 1 N–H and O–H groups in total. The first kappa shape index (κ1) is 16.2. The van der Waals surface area contributed by atoms with Crippen molar-refractivity contribution in [2.75, 3.05) is 0 Å². The van der Waals surface area contributed by atoms with Gasteiger partial charge in [0.2, 0.25) is 0 Å². The third-order valence-corrected chi connectivity index (χ3v) is 4.37. The van der Waals surface area contributed by atoms with Crippen molar-refractivity contribution in [2.24, 2.45) is 0 Å². The summed E-state index contributed by atoms with van der Waals surface area (Å²) in [4.78, 5) is 0. The van der Waals surface area contributed by atoms with Crippen LogP contribution >= 0.6 is 15.9 Å². The minimum atomic E-state index is -0.192. The van der Waals surface area contributed by atoms with E-state index in [-0.39, 0.29) is 5.82 Å². The number of benzene rings is 2. The minimum Gasteiger partial charge on any atom is -0.310 e. The Hall–Kier alpha value is -1.19. The monoisotopic (exact) mass is 349 g/mol. The molecule has 2 aromatic carbocycles. The van der Waals surface area contributed by atoms with E-state index in [1.54, 1.807) is 12.1 Å². The summed E-state index contributed by atoms with van der Waals surface area (Å²) in [6, 6.07) is 13.8. The Morgan fingerprint density at radius 1 is 1.19 bits per heavy atom. The zero-order valence-corrected chi connectivity index (χ0v) is 14.1. The molecule has 0 bridgehead atoms. The second kappa shape index (κ2) is 7.71. The number of halogens is 2. The zero-order chi connectivity index (χ0) is 15.2. The maximum atomic E-state index is 13.2. The molecule has 0 amide bonds. The molecule has 2 rings (SSSR count). The third kappa shape index (κ3) is 5.25. The normalized spacial score (nSPS) is 12.4. The fraction of sp³-hybridized carbons (Fsp3) is 0.333. The SMILES string of the molecule is Cc1cccc(CCC(C)NCc2cc(F)ccc2Br)c1. The van der Waals surface area contributed by atoms with Gasteiger partial charge in [-0.05, 0) is 56.0 Å². The van der Waals surface area contributed by atoms with Gasteiger partial charge in [-0.1, -0.05) is 45.8 Å². The van der Waals surface area contributed by atoms with Gasteiger partial charge >= 0.3 is 0 Å².